The van der Waals surface area contributed by atoms with Gasteiger partial charge in [-0.1, -0.05) is 59.6 Å². The highest BCUT2D eigenvalue weighted by Gasteiger charge is 2.35. The lowest BCUT2D eigenvalue weighted by atomic mass is 10.1. The average Bonchev–Trinajstić information content (AvgIpc) is 3.24. The second-order valence-electron chi connectivity index (χ2n) is 8.12. The Morgan fingerprint density at radius 1 is 0.974 bits per heavy atom. The van der Waals surface area contributed by atoms with E-state index in [1.165, 1.54) is 11.8 Å². The van der Waals surface area contributed by atoms with Gasteiger partial charge in [-0.05, 0) is 77.5 Å². The Bertz CT molecular complexity index is 1530. The van der Waals surface area contributed by atoms with Crippen LogP contribution < -0.4 is 14.4 Å². The number of para-hydroxylation sites is 1. The zero-order chi connectivity index (χ0) is 26.5. The van der Waals surface area contributed by atoms with E-state index < -0.39 is 0 Å². The highest BCUT2D eigenvalue weighted by molar-refractivity contribution is 8.19. The highest BCUT2D eigenvalue weighted by Crippen LogP contribution is 2.39. The van der Waals surface area contributed by atoms with E-state index in [2.05, 4.69) is 9.98 Å². The number of hydrogen-bond donors (Lipinski definition) is 0. The second-order valence-corrected chi connectivity index (χ2v) is 9.92. The van der Waals surface area contributed by atoms with Crippen molar-refractivity contribution in [1.29, 1.82) is 0 Å². The van der Waals surface area contributed by atoms with Crippen molar-refractivity contribution in [2.24, 2.45) is 4.99 Å². The van der Waals surface area contributed by atoms with Gasteiger partial charge in [-0.25, -0.2) is 9.98 Å². The van der Waals surface area contributed by atoms with Crippen LogP contribution in [0.1, 0.15) is 11.1 Å². The van der Waals surface area contributed by atoms with Gasteiger partial charge in [-0.3, -0.25) is 9.69 Å². The molecule has 1 aliphatic rings. The third-order valence-electron chi connectivity index (χ3n) is 5.57. The summed E-state index contributed by atoms with van der Waals surface area (Å²) in [6.45, 7) is 0.366. The number of aromatic nitrogens is 1. The van der Waals surface area contributed by atoms with Gasteiger partial charge in [-0.15, -0.1) is 0 Å². The molecule has 38 heavy (non-hydrogen) atoms. The lowest BCUT2D eigenvalue weighted by molar-refractivity contribution is -0.113. The molecule has 6 nitrogen and oxygen atoms in total. The van der Waals surface area contributed by atoms with Gasteiger partial charge in [0.15, 0.2) is 21.8 Å². The summed E-state index contributed by atoms with van der Waals surface area (Å²) in [6.07, 6.45) is 3.40. The molecule has 0 aliphatic carbocycles. The first kappa shape index (κ1) is 25.9. The van der Waals surface area contributed by atoms with Crippen molar-refractivity contribution >= 4 is 63.5 Å². The van der Waals surface area contributed by atoms with Gasteiger partial charge in [0.25, 0.3) is 5.91 Å². The summed E-state index contributed by atoms with van der Waals surface area (Å²) in [6, 6.07) is 25.9. The van der Waals surface area contributed by atoms with E-state index in [-0.39, 0.29) is 11.1 Å². The number of carbonyl (C=O) groups excluding carboxylic acids is 1. The van der Waals surface area contributed by atoms with Crippen molar-refractivity contribution in [3.8, 4) is 11.5 Å². The maximum absolute atomic E-state index is 13.5. The third-order valence-corrected chi connectivity index (χ3v) is 7.08. The smallest absolute Gasteiger partial charge is 0.271 e. The Kier molecular flexibility index (Phi) is 7.98. The topological polar surface area (TPSA) is 64.0 Å². The van der Waals surface area contributed by atoms with E-state index in [0.29, 0.717) is 44.6 Å². The van der Waals surface area contributed by atoms with Crippen molar-refractivity contribution in [2.45, 2.75) is 6.61 Å². The summed E-state index contributed by atoms with van der Waals surface area (Å²) in [5, 5.41) is 1.42. The van der Waals surface area contributed by atoms with Crippen molar-refractivity contribution in [1.82, 2.24) is 4.98 Å². The number of benzene rings is 3. The van der Waals surface area contributed by atoms with Gasteiger partial charge in [-0.2, -0.15) is 0 Å². The maximum atomic E-state index is 13.5. The number of nitrogens with zero attached hydrogens (tertiary/aromatic N) is 3. The van der Waals surface area contributed by atoms with Crippen LogP contribution in [0.3, 0.4) is 0 Å². The number of hydrogen-bond acceptors (Lipinski definition) is 6. The van der Waals surface area contributed by atoms with Gasteiger partial charge in [0.2, 0.25) is 0 Å². The summed E-state index contributed by atoms with van der Waals surface area (Å²) in [4.78, 5) is 24.4. The predicted molar refractivity (Wildman–Crippen MR) is 155 cm³/mol. The van der Waals surface area contributed by atoms with Crippen molar-refractivity contribution in [2.75, 3.05) is 12.0 Å². The molecule has 190 valence electrons. The lowest BCUT2D eigenvalue weighted by Crippen LogP contribution is -2.28. The van der Waals surface area contributed by atoms with Crippen molar-refractivity contribution < 1.29 is 14.3 Å². The van der Waals surface area contributed by atoms with Gasteiger partial charge in [0.1, 0.15) is 12.3 Å². The van der Waals surface area contributed by atoms with Crippen LogP contribution in [0.5, 0.6) is 11.5 Å². The first-order valence-corrected chi connectivity index (χ1v) is 13.1. The number of rotatable bonds is 7. The Balaban J connectivity index is 1.43. The molecule has 0 bridgehead atoms. The Morgan fingerprint density at radius 3 is 2.50 bits per heavy atom. The first-order chi connectivity index (χ1) is 18.5. The lowest BCUT2D eigenvalue weighted by Gasteiger charge is -2.15. The molecule has 0 radical (unpaired) electrons. The zero-order valence-electron chi connectivity index (χ0n) is 20.2. The molecule has 1 fully saturated rings. The number of halogens is 2. The fourth-order valence-corrected chi connectivity index (χ4v) is 4.99. The van der Waals surface area contributed by atoms with Crippen LogP contribution in [0, 0.1) is 0 Å². The largest absolute Gasteiger partial charge is 0.493 e. The number of thioether (sulfide) groups is 1. The van der Waals surface area contributed by atoms with Crippen LogP contribution in [0.25, 0.3) is 6.08 Å². The number of aliphatic imine (C=N–C) groups is 1. The van der Waals surface area contributed by atoms with E-state index in [4.69, 9.17) is 32.7 Å². The molecule has 4 aromatic rings. The van der Waals surface area contributed by atoms with Gasteiger partial charge in [0.05, 0.1) is 17.7 Å². The quantitative estimate of drug-likeness (QED) is 0.170. The summed E-state index contributed by atoms with van der Waals surface area (Å²) in [5.74, 6) is 0.955. The molecule has 0 atom stereocenters. The van der Waals surface area contributed by atoms with Crippen LogP contribution in [-0.2, 0) is 11.4 Å². The molecule has 9 heteroatoms. The number of pyridine rings is 1. The van der Waals surface area contributed by atoms with Gasteiger partial charge in [0, 0.05) is 11.2 Å². The first-order valence-electron chi connectivity index (χ1n) is 11.6. The van der Waals surface area contributed by atoms with E-state index in [1.54, 1.807) is 30.3 Å². The van der Waals surface area contributed by atoms with Crippen LogP contribution in [-0.4, -0.2) is 23.2 Å². The number of anilines is 1. The van der Waals surface area contributed by atoms with Crippen LogP contribution >= 0.6 is 35.0 Å². The van der Waals surface area contributed by atoms with Gasteiger partial charge >= 0.3 is 0 Å². The number of carbonyl (C=O) groups is 1. The van der Waals surface area contributed by atoms with Crippen LogP contribution in [0.2, 0.25) is 10.2 Å². The number of amides is 1. The summed E-state index contributed by atoms with van der Waals surface area (Å²) in [5.41, 5.74) is 2.95. The Hall–Kier alpha value is -3.78. The van der Waals surface area contributed by atoms with Crippen molar-refractivity contribution in [3.05, 3.63) is 117 Å². The predicted octanol–water partition coefficient (Wildman–Crippen LogP) is 7.78. The fraction of sp³-hybridized carbons (Fsp3) is 0.0690. The zero-order valence-corrected chi connectivity index (χ0v) is 22.5. The molecular weight excluding hydrogens is 541 g/mol. The fourth-order valence-electron chi connectivity index (χ4n) is 3.70. The molecular formula is C29H21Cl2N3O3S. The molecule has 0 spiro atoms. The van der Waals surface area contributed by atoms with E-state index in [0.717, 1.165) is 11.1 Å². The molecule has 0 unspecified atom stereocenters. The minimum absolute atomic E-state index is 0.193. The van der Waals surface area contributed by atoms with E-state index >= 15 is 0 Å². The standard InChI is InChI=1S/C29H21Cl2N3O3S/c1-36-25-16-20(11-14-24(25)37-18-19-9-12-21(30)13-10-19)17-26-28(35)34(22-6-3-2-4-7-22)29(38-26)33-23-8-5-15-32-27(23)31/h2-17H,18H2,1H3/b26-17-,33-29?. The molecule has 1 amide bonds. The Morgan fingerprint density at radius 2 is 1.76 bits per heavy atom. The SMILES string of the molecule is COc1cc(/C=C2\SC(=Nc3cccnc3Cl)N(c3ccccc3)C2=O)ccc1OCc1ccc(Cl)cc1. The van der Waals surface area contributed by atoms with Crippen molar-refractivity contribution in [3.63, 3.8) is 0 Å². The molecule has 0 saturated carbocycles. The van der Waals surface area contributed by atoms with Crippen LogP contribution in [0.15, 0.2) is 101 Å². The highest BCUT2D eigenvalue weighted by atomic mass is 35.5. The minimum Gasteiger partial charge on any atom is -0.493 e. The molecule has 1 aliphatic heterocycles. The average molecular weight is 562 g/mol. The second kappa shape index (κ2) is 11.7. The molecule has 0 N–H and O–H groups in total. The molecule has 2 heterocycles. The maximum Gasteiger partial charge on any atom is 0.271 e. The number of ether oxygens (including phenoxy) is 2. The summed E-state index contributed by atoms with van der Waals surface area (Å²) in [7, 11) is 1.58. The van der Waals surface area contributed by atoms with E-state index in [9.17, 15) is 4.79 Å². The van der Waals surface area contributed by atoms with E-state index in [1.807, 2.05) is 78.9 Å². The molecule has 5 rings (SSSR count). The third kappa shape index (κ3) is 5.86. The van der Waals surface area contributed by atoms with Gasteiger partial charge < -0.3 is 9.47 Å². The number of methoxy groups -OCH3 is 1. The number of amidine groups is 1. The Labute approximate surface area is 234 Å². The molecule has 3 aromatic carbocycles. The minimum atomic E-state index is -0.193. The summed E-state index contributed by atoms with van der Waals surface area (Å²) >= 11 is 13.5. The molecule has 1 aromatic heterocycles. The van der Waals surface area contributed by atoms with Crippen LogP contribution in [0.4, 0.5) is 11.4 Å². The summed E-state index contributed by atoms with van der Waals surface area (Å²) < 4.78 is 11.5. The monoisotopic (exact) mass is 561 g/mol. The molecule has 1 saturated heterocycles. The normalized spacial score (nSPS) is 15.3.